The third-order valence-electron chi connectivity index (χ3n) is 4.74. The number of nitrogens with one attached hydrogen (secondary N) is 2. The Hall–Kier alpha value is -2.64. The van der Waals surface area contributed by atoms with Gasteiger partial charge in [-0.05, 0) is 18.6 Å². The van der Waals surface area contributed by atoms with Gasteiger partial charge in [-0.3, -0.25) is 14.5 Å². The van der Waals surface area contributed by atoms with Crippen LogP contribution in [-0.2, 0) is 14.3 Å². The van der Waals surface area contributed by atoms with E-state index in [1.54, 1.807) is 13.2 Å². The summed E-state index contributed by atoms with van der Waals surface area (Å²) in [5.41, 5.74) is 0.672. The zero-order valence-corrected chi connectivity index (χ0v) is 16.3. The minimum absolute atomic E-state index is 0.0729. The lowest BCUT2D eigenvalue weighted by Gasteiger charge is -2.42. The fourth-order valence-corrected chi connectivity index (χ4v) is 3.36. The second-order valence-electron chi connectivity index (χ2n) is 6.85. The van der Waals surface area contributed by atoms with Gasteiger partial charge in [-0.15, -0.1) is 0 Å². The van der Waals surface area contributed by atoms with E-state index >= 15 is 0 Å². The van der Waals surface area contributed by atoms with Gasteiger partial charge in [-0.25, -0.2) is 0 Å². The summed E-state index contributed by atoms with van der Waals surface area (Å²) in [5.74, 6) is 0.392. The van der Waals surface area contributed by atoms with Crippen LogP contribution < -0.4 is 15.4 Å². The molecule has 3 unspecified atom stereocenters. The molecule has 1 aliphatic heterocycles. The van der Waals surface area contributed by atoms with Crippen molar-refractivity contribution in [3.63, 3.8) is 0 Å². The smallest absolute Gasteiger partial charge is 0.250 e. The van der Waals surface area contributed by atoms with E-state index in [0.717, 1.165) is 6.42 Å². The van der Waals surface area contributed by atoms with Crippen molar-refractivity contribution in [2.45, 2.75) is 31.6 Å². The van der Waals surface area contributed by atoms with E-state index in [2.05, 4.69) is 10.6 Å². The van der Waals surface area contributed by atoms with Gasteiger partial charge in [0.15, 0.2) is 0 Å². The van der Waals surface area contributed by atoms with Gasteiger partial charge in [0.05, 0.1) is 25.8 Å². The highest BCUT2D eigenvalue weighted by Crippen LogP contribution is 2.24. The van der Waals surface area contributed by atoms with E-state index in [0.29, 0.717) is 24.5 Å². The van der Waals surface area contributed by atoms with Crippen LogP contribution in [0.15, 0.2) is 48.6 Å². The van der Waals surface area contributed by atoms with Crippen LogP contribution in [0.4, 0.5) is 5.69 Å². The number of amides is 2. The third kappa shape index (κ3) is 4.99. The Kier molecular flexibility index (Phi) is 6.84. The lowest BCUT2D eigenvalue weighted by molar-refractivity contribution is -0.148. The highest BCUT2D eigenvalue weighted by molar-refractivity contribution is 5.92. The summed E-state index contributed by atoms with van der Waals surface area (Å²) in [6.07, 6.45) is 7.78. The number of benzene rings is 1. The molecular formula is C21H27N3O4. The molecule has 0 spiro atoms. The number of anilines is 1. The molecule has 1 heterocycles. The minimum Gasteiger partial charge on any atom is -0.497 e. The Morgan fingerprint density at radius 1 is 1.29 bits per heavy atom. The molecule has 7 nitrogen and oxygen atoms in total. The number of carbonyl (C=O) groups excluding carboxylic acids is 2. The summed E-state index contributed by atoms with van der Waals surface area (Å²) in [6.45, 7) is 3.14. The minimum atomic E-state index is -0.603. The van der Waals surface area contributed by atoms with Crippen molar-refractivity contribution >= 4 is 17.5 Å². The summed E-state index contributed by atoms with van der Waals surface area (Å²) in [7, 11) is 1.58. The van der Waals surface area contributed by atoms with Crippen molar-refractivity contribution < 1.29 is 19.1 Å². The maximum atomic E-state index is 12.6. The van der Waals surface area contributed by atoms with Crippen molar-refractivity contribution in [2.75, 3.05) is 32.1 Å². The van der Waals surface area contributed by atoms with Crippen LogP contribution in [-0.4, -0.2) is 61.7 Å². The maximum Gasteiger partial charge on any atom is 0.250 e. The Bertz CT molecular complexity index is 762. The van der Waals surface area contributed by atoms with Crippen molar-refractivity contribution in [2.24, 2.45) is 0 Å². The van der Waals surface area contributed by atoms with Crippen molar-refractivity contribution in [1.29, 1.82) is 0 Å². The Labute approximate surface area is 165 Å². The lowest BCUT2D eigenvalue weighted by Crippen LogP contribution is -2.59. The summed E-state index contributed by atoms with van der Waals surface area (Å²) in [5, 5.41) is 5.77. The molecule has 28 heavy (non-hydrogen) atoms. The van der Waals surface area contributed by atoms with Gasteiger partial charge in [0.25, 0.3) is 5.91 Å². The van der Waals surface area contributed by atoms with Gasteiger partial charge >= 0.3 is 0 Å². The van der Waals surface area contributed by atoms with Gasteiger partial charge in [0.1, 0.15) is 11.9 Å². The summed E-state index contributed by atoms with van der Waals surface area (Å²) >= 11 is 0. The maximum absolute atomic E-state index is 12.6. The first-order chi connectivity index (χ1) is 13.6. The van der Waals surface area contributed by atoms with E-state index in [1.165, 1.54) is 0 Å². The molecule has 1 fully saturated rings. The summed E-state index contributed by atoms with van der Waals surface area (Å²) < 4.78 is 11.2. The number of methoxy groups -OCH3 is 1. The van der Waals surface area contributed by atoms with E-state index in [9.17, 15) is 9.59 Å². The average molecular weight is 385 g/mol. The van der Waals surface area contributed by atoms with E-state index in [-0.39, 0.29) is 30.5 Å². The van der Waals surface area contributed by atoms with Crippen LogP contribution in [0.1, 0.15) is 13.3 Å². The van der Waals surface area contributed by atoms with Gasteiger partial charge in [-0.1, -0.05) is 37.3 Å². The van der Waals surface area contributed by atoms with E-state index < -0.39 is 6.10 Å². The standard InChI is InChI=1S/C21H27N3O4/c1-3-11-22-21(26)19-13-24(17-9-4-5-10-18(17)28-19)14-20(25)23-15-7-6-8-16(12-15)27-2/h4-10,12,17-19H,3,11,13-14H2,1-2H3,(H,22,26)(H,23,25). The second-order valence-corrected chi connectivity index (χ2v) is 6.85. The van der Waals surface area contributed by atoms with Crippen LogP contribution >= 0.6 is 0 Å². The van der Waals surface area contributed by atoms with Crippen molar-refractivity contribution in [3.05, 3.63) is 48.6 Å². The summed E-state index contributed by atoms with van der Waals surface area (Å²) in [4.78, 5) is 27.0. The van der Waals surface area contributed by atoms with Crippen molar-refractivity contribution in [1.82, 2.24) is 10.2 Å². The second kappa shape index (κ2) is 9.52. The van der Waals surface area contributed by atoms with Crippen LogP contribution in [0, 0.1) is 0 Å². The first-order valence-electron chi connectivity index (χ1n) is 9.57. The largest absolute Gasteiger partial charge is 0.497 e. The third-order valence-corrected chi connectivity index (χ3v) is 4.74. The first-order valence-corrected chi connectivity index (χ1v) is 9.57. The molecular weight excluding hydrogens is 358 g/mol. The zero-order valence-electron chi connectivity index (χ0n) is 16.3. The van der Waals surface area contributed by atoms with Gasteiger partial charge in [0.2, 0.25) is 5.91 Å². The topological polar surface area (TPSA) is 79.9 Å². The number of nitrogens with zero attached hydrogens (tertiary/aromatic N) is 1. The van der Waals surface area contributed by atoms with Crippen LogP contribution in [0.25, 0.3) is 0 Å². The number of allylic oxidation sites excluding steroid dienone is 2. The van der Waals surface area contributed by atoms with Gasteiger partial charge in [-0.2, -0.15) is 0 Å². The normalized spacial score (nSPS) is 23.7. The van der Waals surface area contributed by atoms with Crippen LogP contribution in [0.5, 0.6) is 5.75 Å². The quantitative estimate of drug-likeness (QED) is 0.747. The molecule has 0 aromatic heterocycles. The van der Waals surface area contributed by atoms with Crippen LogP contribution in [0.3, 0.4) is 0 Å². The fourth-order valence-electron chi connectivity index (χ4n) is 3.36. The van der Waals surface area contributed by atoms with E-state index in [1.807, 2.05) is 54.3 Å². The van der Waals surface area contributed by atoms with E-state index in [4.69, 9.17) is 9.47 Å². The molecule has 1 aromatic rings. The Morgan fingerprint density at radius 2 is 2.11 bits per heavy atom. The Balaban J connectivity index is 1.66. The monoisotopic (exact) mass is 385 g/mol. The van der Waals surface area contributed by atoms with Crippen molar-refractivity contribution in [3.8, 4) is 5.75 Å². The Morgan fingerprint density at radius 3 is 2.89 bits per heavy atom. The molecule has 0 saturated carbocycles. The lowest BCUT2D eigenvalue weighted by atomic mass is 10.00. The first kappa shape index (κ1) is 20.1. The number of morpholine rings is 1. The molecule has 3 atom stereocenters. The predicted molar refractivity (Wildman–Crippen MR) is 107 cm³/mol. The zero-order chi connectivity index (χ0) is 19.9. The number of rotatable bonds is 7. The molecule has 1 aliphatic carbocycles. The molecule has 2 amide bonds. The molecule has 7 heteroatoms. The number of carbonyl (C=O) groups is 2. The average Bonchev–Trinajstić information content (AvgIpc) is 2.71. The molecule has 0 bridgehead atoms. The molecule has 2 N–H and O–H groups in total. The molecule has 2 aliphatic rings. The van der Waals surface area contributed by atoms with Gasteiger partial charge < -0.3 is 20.1 Å². The van der Waals surface area contributed by atoms with Gasteiger partial charge in [0, 0.05) is 24.8 Å². The number of hydrogen-bond acceptors (Lipinski definition) is 5. The molecule has 1 aromatic carbocycles. The highest BCUT2D eigenvalue weighted by atomic mass is 16.5. The fraction of sp³-hybridized carbons (Fsp3) is 0.429. The predicted octanol–water partition coefficient (Wildman–Crippen LogP) is 1.72. The molecule has 3 rings (SSSR count). The number of ether oxygens (including phenoxy) is 2. The number of fused-ring (bicyclic) bond motifs is 1. The molecule has 150 valence electrons. The van der Waals surface area contributed by atoms with Crippen LogP contribution in [0.2, 0.25) is 0 Å². The molecule has 0 radical (unpaired) electrons. The highest BCUT2D eigenvalue weighted by Gasteiger charge is 2.38. The SMILES string of the molecule is CCCNC(=O)C1CN(CC(=O)Nc2cccc(OC)c2)C2C=CC=CC2O1. The molecule has 1 saturated heterocycles. The summed E-state index contributed by atoms with van der Waals surface area (Å²) in [6, 6.07) is 7.15. The number of hydrogen-bond donors (Lipinski definition) is 2.